The van der Waals surface area contributed by atoms with Crippen molar-refractivity contribution in [1.29, 1.82) is 0 Å². The molecule has 0 amide bonds. The molecule has 0 saturated heterocycles. The predicted molar refractivity (Wildman–Crippen MR) is 94.2 cm³/mol. The van der Waals surface area contributed by atoms with E-state index in [9.17, 15) is 4.79 Å². The van der Waals surface area contributed by atoms with E-state index in [0.29, 0.717) is 39.3 Å². The number of nitrogens with one attached hydrogen (secondary N) is 1. The Morgan fingerprint density at radius 3 is 2.64 bits per heavy atom. The van der Waals surface area contributed by atoms with Crippen LogP contribution in [0.3, 0.4) is 0 Å². The second-order valence-electron chi connectivity index (χ2n) is 5.10. The lowest BCUT2D eigenvalue weighted by Gasteiger charge is -2.11. The van der Waals surface area contributed by atoms with E-state index in [-0.39, 0.29) is 12.6 Å². The Morgan fingerprint density at radius 2 is 1.88 bits per heavy atom. The summed E-state index contributed by atoms with van der Waals surface area (Å²) in [4.78, 5) is 12.3. The number of fused-ring (bicyclic) bond motifs is 1. The van der Waals surface area contributed by atoms with Crippen LogP contribution in [0.2, 0.25) is 5.02 Å². The second kappa shape index (κ2) is 7.36. The molecular weight excluding hydrogens is 346 g/mol. The Morgan fingerprint density at radius 1 is 1.12 bits per heavy atom. The van der Waals surface area contributed by atoms with Crippen molar-refractivity contribution < 1.29 is 23.7 Å². The Kier molecular flexibility index (Phi) is 5.00. The maximum absolute atomic E-state index is 12.3. The van der Waals surface area contributed by atoms with Crippen LogP contribution in [0.4, 0.5) is 5.69 Å². The van der Waals surface area contributed by atoms with Crippen molar-refractivity contribution in [3.05, 3.63) is 53.2 Å². The molecule has 1 aliphatic heterocycles. The SMILES string of the molecule is COc1cc(N/C=C/C(=O)c2ccc3c(c2)OCO3)c(OC)cc1Cl. The summed E-state index contributed by atoms with van der Waals surface area (Å²) >= 11 is 6.06. The highest BCUT2D eigenvalue weighted by molar-refractivity contribution is 6.32. The lowest BCUT2D eigenvalue weighted by molar-refractivity contribution is 0.104. The number of anilines is 1. The molecule has 0 atom stereocenters. The van der Waals surface area contributed by atoms with E-state index in [0.717, 1.165) is 0 Å². The summed E-state index contributed by atoms with van der Waals surface area (Å²) in [6.07, 6.45) is 2.94. The van der Waals surface area contributed by atoms with Gasteiger partial charge >= 0.3 is 0 Å². The molecule has 1 heterocycles. The summed E-state index contributed by atoms with van der Waals surface area (Å²) in [5, 5.41) is 3.43. The van der Waals surface area contributed by atoms with Gasteiger partial charge < -0.3 is 24.3 Å². The van der Waals surface area contributed by atoms with Gasteiger partial charge in [-0.1, -0.05) is 11.6 Å². The first kappa shape index (κ1) is 17.0. The third-order valence-corrected chi connectivity index (χ3v) is 3.90. The van der Waals surface area contributed by atoms with E-state index in [1.165, 1.54) is 26.5 Å². The molecule has 25 heavy (non-hydrogen) atoms. The first-order valence-corrected chi connectivity index (χ1v) is 7.78. The number of methoxy groups -OCH3 is 2. The third kappa shape index (κ3) is 3.64. The van der Waals surface area contributed by atoms with Crippen LogP contribution in [-0.2, 0) is 0 Å². The highest BCUT2D eigenvalue weighted by Gasteiger charge is 2.15. The Bertz CT molecular complexity index is 834. The largest absolute Gasteiger partial charge is 0.495 e. The molecule has 0 bridgehead atoms. The minimum Gasteiger partial charge on any atom is -0.495 e. The zero-order chi connectivity index (χ0) is 17.8. The molecule has 0 spiro atoms. The van der Waals surface area contributed by atoms with Gasteiger partial charge in [0.25, 0.3) is 0 Å². The van der Waals surface area contributed by atoms with E-state index >= 15 is 0 Å². The lowest BCUT2D eigenvalue weighted by atomic mass is 10.1. The molecule has 0 fully saturated rings. The predicted octanol–water partition coefficient (Wildman–Crippen LogP) is 3.89. The first-order valence-electron chi connectivity index (χ1n) is 7.41. The number of ether oxygens (including phenoxy) is 4. The summed E-state index contributed by atoms with van der Waals surface area (Å²) < 4.78 is 20.9. The normalized spacial score (nSPS) is 12.3. The van der Waals surface area contributed by atoms with E-state index in [1.807, 2.05) is 0 Å². The minimum absolute atomic E-state index is 0.169. The average Bonchev–Trinajstić information content (AvgIpc) is 3.10. The van der Waals surface area contributed by atoms with Crippen LogP contribution in [0.15, 0.2) is 42.6 Å². The lowest BCUT2D eigenvalue weighted by Crippen LogP contribution is -1.98. The maximum Gasteiger partial charge on any atom is 0.231 e. The zero-order valence-electron chi connectivity index (χ0n) is 13.7. The molecule has 3 rings (SSSR count). The van der Waals surface area contributed by atoms with Crippen molar-refractivity contribution in [2.24, 2.45) is 0 Å². The summed E-state index contributed by atoms with van der Waals surface area (Å²) in [5.41, 5.74) is 1.13. The molecule has 0 saturated carbocycles. The molecule has 2 aromatic rings. The van der Waals surface area contributed by atoms with Gasteiger partial charge in [0.15, 0.2) is 17.3 Å². The number of halogens is 1. The highest BCUT2D eigenvalue weighted by atomic mass is 35.5. The Labute approximate surface area is 149 Å². The van der Waals surface area contributed by atoms with Gasteiger partial charge in [-0.25, -0.2) is 0 Å². The van der Waals surface area contributed by atoms with Gasteiger partial charge in [0.05, 0.1) is 24.9 Å². The number of carbonyl (C=O) groups excluding carboxylic acids is 1. The van der Waals surface area contributed by atoms with E-state index in [1.54, 1.807) is 30.3 Å². The van der Waals surface area contributed by atoms with Crippen LogP contribution in [0.1, 0.15) is 10.4 Å². The molecule has 6 nitrogen and oxygen atoms in total. The molecule has 130 valence electrons. The van der Waals surface area contributed by atoms with Gasteiger partial charge in [-0.2, -0.15) is 0 Å². The van der Waals surface area contributed by atoms with Gasteiger partial charge in [0, 0.05) is 30.0 Å². The average molecular weight is 362 g/mol. The van der Waals surface area contributed by atoms with Crippen LogP contribution >= 0.6 is 11.6 Å². The van der Waals surface area contributed by atoms with Crippen LogP contribution in [0.25, 0.3) is 0 Å². The molecule has 0 radical (unpaired) electrons. The monoisotopic (exact) mass is 361 g/mol. The van der Waals surface area contributed by atoms with E-state index in [2.05, 4.69) is 5.32 Å². The molecule has 0 aliphatic carbocycles. The van der Waals surface area contributed by atoms with Crippen molar-refractivity contribution >= 4 is 23.1 Å². The summed E-state index contributed by atoms with van der Waals surface area (Å²) in [6.45, 7) is 0.169. The molecule has 0 unspecified atom stereocenters. The third-order valence-electron chi connectivity index (χ3n) is 3.60. The van der Waals surface area contributed by atoms with E-state index in [4.69, 9.17) is 30.5 Å². The number of ketones is 1. The first-order chi connectivity index (χ1) is 12.1. The molecule has 1 aliphatic rings. The van der Waals surface area contributed by atoms with Crippen LogP contribution in [-0.4, -0.2) is 26.8 Å². The zero-order valence-corrected chi connectivity index (χ0v) is 14.4. The van der Waals surface area contributed by atoms with Crippen molar-refractivity contribution in [2.45, 2.75) is 0 Å². The standard InChI is InChI=1S/C18H16ClNO5/c1-22-16-9-13(17(23-2)8-12(16)19)20-6-5-14(21)11-3-4-15-18(7-11)25-10-24-15/h3-9,20H,10H2,1-2H3/b6-5+. The number of hydrogen-bond donors (Lipinski definition) is 1. The van der Waals surface area contributed by atoms with Crippen molar-refractivity contribution in [1.82, 2.24) is 0 Å². The van der Waals surface area contributed by atoms with Gasteiger partial charge in [0.2, 0.25) is 6.79 Å². The quantitative estimate of drug-likeness (QED) is 0.622. The molecule has 0 aromatic heterocycles. The Hall–Kier alpha value is -2.86. The highest BCUT2D eigenvalue weighted by Crippen LogP contribution is 2.36. The van der Waals surface area contributed by atoms with Gasteiger partial charge in [-0.15, -0.1) is 0 Å². The number of benzene rings is 2. The molecule has 2 aromatic carbocycles. The summed E-state index contributed by atoms with van der Waals surface area (Å²) in [5.74, 6) is 2.06. The maximum atomic E-state index is 12.3. The fourth-order valence-corrected chi connectivity index (χ4v) is 2.56. The number of carbonyl (C=O) groups is 1. The smallest absolute Gasteiger partial charge is 0.231 e. The molecular formula is C18H16ClNO5. The Balaban J connectivity index is 1.73. The van der Waals surface area contributed by atoms with Crippen molar-refractivity contribution in [3.63, 3.8) is 0 Å². The van der Waals surface area contributed by atoms with Gasteiger partial charge in [0.1, 0.15) is 11.5 Å². The number of rotatable bonds is 6. The summed E-state index contributed by atoms with van der Waals surface area (Å²) in [6, 6.07) is 8.38. The van der Waals surface area contributed by atoms with Crippen LogP contribution in [0, 0.1) is 0 Å². The topological polar surface area (TPSA) is 66.0 Å². The second-order valence-corrected chi connectivity index (χ2v) is 5.50. The number of hydrogen-bond acceptors (Lipinski definition) is 6. The molecule has 7 heteroatoms. The van der Waals surface area contributed by atoms with Crippen LogP contribution < -0.4 is 24.3 Å². The van der Waals surface area contributed by atoms with Crippen LogP contribution in [0.5, 0.6) is 23.0 Å². The van der Waals surface area contributed by atoms with Gasteiger partial charge in [-0.05, 0) is 18.2 Å². The summed E-state index contributed by atoms with van der Waals surface area (Å²) in [7, 11) is 3.06. The van der Waals surface area contributed by atoms with Gasteiger partial charge in [-0.3, -0.25) is 4.79 Å². The molecule has 1 N–H and O–H groups in total. The number of allylic oxidation sites excluding steroid dienone is 1. The minimum atomic E-state index is -0.175. The van der Waals surface area contributed by atoms with Crippen molar-refractivity contribution in [2.75, 3.05) is 26.3 Å². The fourth-order valence-electron chi connectivity index (χ4n) is 2.33. The van der Waals surface area contributed by atoms with Crippen molar-refractivity contribution in [3.8, 4) is 23.0 Å². The fraction of sp³-hybridized carbons (Fsp3) is 0.167. The van der Waals surface area contributed by atoms with E-state index < -0.39 is 0 Å².